The molecule has 2 N–H and O–H groups in total. The monoisotopic (exact) mass is 476 g/mol. The molecular formula is C24H29ClN2O6. The standard InChI is InChI=1S/C24H29ClN2O6/c1-31-20-6-3-7-21(32-2)22(20)33-15-19(28)13-26-23(29)17-5-4-12-27(14-17)24(30)16-8-10-18(25)11-9-16/h3,6-11,17,19,28H,4-5,12-15H2,1-2H3,(H,26,29). The Morgan fingerprint density at radius 2 is 1.82 bits per heavy atom. The molecule has 0 aliphatic carbocycles. The predicted octanol–water partition coefficient (Wildman–Crippen LogP) is 2.77. The van der Waals surface area contributed by atoms with Crippen LogP contribution in [0.3, 0.4) is 0 Å². The van der Waals surface area contributed by atoms with Crippen molar-refractivity contribution in [3.8, 4) is 17.2 Å². The SMILES string of the molecule is COc1cccc(OC)c1OCC(O)CNC(=O)C1CCCN(C(=O)c2ccc(Cl)cc2)C1. The number of aliphatic hydroxyl groups is 1. The van der Waals surface area contributed by atoms with Gasteiger partial charge in [0, 0.05) is 30.2 Å². The first kappa shape index (κ1) is 24.7. The van der Waals surface area contributed by atoms with Crippen LogP contribution in [0.25, 0.3) is 0 Å². The smallest absolute Gasteiger partial charge is 0.253 e. The number of amides is 2. The number of carbonyl (C=O) groups excluding carboxylic acids is 2. The van der Waals surface area contributed by atoms with Gasteiger partial charge < -0.3 is 29.5 Å². The summed E-state index contributed by atoms with van der Waals surface area (Å²) in [6.07, 6.45) is 0.483. The fourth-order valence-electron chi connectivity index (χ4n) is 3.71. The molecule has 33 heavy (non-hydrogen) atoms. The highest BCUT2D eigenvalue weighted by molar-refractivity contribution is 6.30. The molecule has 9 heteroatoms. The number of carbonyl (C=O) groups is 2. The highest BCUT2D eigenvalue weighted by atomic mass is 35.5. The molecule has 2 amide bonds. The average molecular weight is 477 g/mol. The van der Waals surface area contributed by atoms with Crippen LogP contribution < -0.4 is 19.5 Å². The molecule has 3 rings (SSSR count). The van der Waals surface area contributed by atoms with E-state index in [9.17, 15) is 14.7 Å². The van der Waals surface area contributed by atoms with Crippen LogP contribution in [-0.2, 0) is 4.79 Å². The molecule has 0 radical (unpaired) electrons. The summed E-state index contributed by atoms with van der Waals surface area (Å²) in [6, 6.07) is 11.9. The van der Waals surface area contributed by atoms with Gasteiger partial charge in [-0.25, -0.2) is 0 Å². The van der Waals surface area contributed by atoms with Crippen molar-refractivity contribution in [1.29, 1.82) is 0 Å². The number of piperidine rings is 1. The summed E-state index contributed by atoms with van der Waals surface area (Å²) >= 11 is 5.89. The van der Waals surface area contributed by atoms with Gasteiger partial charge in [-0.05, 0) is 49.2 Å². The van der Waals surface area contributed by atoms with Crippen molar-refractivity contribution < 1.29 is 28.9 Å². The third kappa shape index (κ3) is 6.52. The minimum atomic E-state index is -0.932. The molecule has 178 valence electrons. The Morgan fingerprint density at radius 1 is 1.15 bits per heavy atom. The van der Waals surface area contributed by atoms with E-state index in [-0.39, 0.29) is 30.9 Å². The van der Waals surface area contributed by atoms with Crippen LogP contribution >= 0.6 is 11.6 Å². The number of halogens is 1. The van der Waals surface area contributed by atoms with E-state index in [1.54, 1.807) is 47.4 Å². The van der Waals surface area contributed by atoms with E-state index < -0.39 is 6.10 Å². The number of nitrogens with one attached hydrogen (secondary N) is 1. The lowest BCUT2D eigenvalue weighted by Crippen LogP contribution is -2.47. The van der Waals surface area contributed by atoms with Gasteiger partial charge in [0.2, 0.25) is 11.7 Å². The van der Waals surface area contributed by atoms with Crippen LogP contribution in [0.15, 0.2) is 42.5 Å². The first-order chi connectivity index (χ1) is 15.9. The normalized spacial score (nSPS) is 16.6. The molecular weight excluding hydrogens is 448 g/mol. The minimum absolute atomic E-state index is 0.0257. The average Bonchev–Trinajstić information content (AvgIpc) is 2.85. The zero-order valence-electron chi connectivity index (χ0n) is 18.8. The van der Waals surface area contributed by atoms with E-state index in [0.29, 0.717) is 47.3 Å². The number of para-hydroxylation sites is 1. The van der Waals surface area contributed by atoms with Gasteiger partial charge in [-0.3, -0.25) is 9.59 Å². The van der Waals surface area contributed by atoms with Crippen molar-refractivity contribution in [2.45, 2.75) is 18.9 Å². The number of hydrogen-bond donors (Lipinski definition) is 2. The van der Waals surface area contributed by atoms with Gasteiger partial charge in [0.25, 0.3) is 5.91 Å². The summed E-state index contributed by atoms with van der Waals surface area (Å²) in [5.41, 5.74) is 0.541. The molecule has 1 aliphatic rings. The topological polar surface area (TPSA) is 97.3 Å². The van der Waals surface area contributed by atoms with Crippen LogP contribution in [0, 0.1) is 5.92 Å². The van der Waals surface area contributed by atoms with E-state index in [1.807, 2.05) is 0 Å². The summed E-state index contributed by atoms with van der Waals surface area (Å²) in [6.45, 7) is 0.904. The van der Waals surface area contributed by atoms with Crippen LogP contribution in [0.4, 0.5) is 0 Å². The van der Waals surface area contributed by atoms with Crippen molar-refractivity contribution in [2.24, 2.45) is 5.92 Å². The molecule has 0 bridgehead atoms. The molecule has 1 saturated heterocycles. The summed E-state index contributed by atoms with van der Waals surface area (Å²) in [7, 11) is 3.03. The third-order valence-corrected chi connectivity index (χ3v) is 5.74. The Balaban J connectivity index is 1.49. The van der Waals surface area contributed by atoms with Crippen LogP contribution in [0.5, 0.6) is 17.2 Å². The molecule has 2 aromatic rings. The lowest BCUT2D eigenvalue weighted by Gasteiger charge is -2.32. The maximum atomic E-state index is 12.7. The second-order valence-corrected chi connectivity index (χ2v) is 8.24. The van der Waals surface area contributed by atoms with Crippen molar-refractivity contribution in [3.05, 3.63) is 53.1 Å². The highest BCUT2D eigenvalue weighted by Crippen LogP contribution is 2.36. The van der Waals surface area contributed by atoms with Gasteiger partial charge in [-0.2, -0.15) is 0 Å². The van der Waals surface area contributed by atoms with Crippen molar-refractivity contribution in [2.75, 3.05) is 40.5 Å². The zero-order chi connectivity index (χ0) is 23.8. The summed E-state index contributed by atoms with van der Waals surface area (Å²) in [5.74, 6) is 0.700. The number of ether oxygens (including phenoxy) is 3. The fraction of sp³-hybridized carbons (Fsp3) is 0.417. The number of rotatable bonds is 9. The molecule has 0 aromatic heterocycles. The van der Waals surface area contributed by atoms with Gasteiger partial charge >= 0.3 is 0 Å². The van der Waals surface area contributed by atoms with Gasteiger partial charge in [0.1, 0.15) is 12.7 Å². The third-order valence-electron chi connectivity index (χ3n) is 5.49. The van der Waals surface area contributed by atoms with E-state index in [2.05, 4.69) is 5.32 Å². The Bertz CT molecular complexity index is 930. The molecule has 1 fully saturated rings. The number of likely N-dealkylation sites (tertiary alicyclic amines) is 1. The van der Waals surface area contributed by atoms with E-state index in [4.69, 9.17) is 25.8 Å². The van der Waals surface area contributed by atoms with E-state index >= 15 is 0 Å². The van der Waals surface area contributed by atoms with Crippen molar-refractivity contribution in [1.82, 2.24) is 10.2 Å². The van der Waals surface area contributed by atoms with Gasteiger partial charge in [0.15, 0.2) is 11.5 Å². The number of hydrogen-bond acceptors (Lipinski definition) is 6. The largest absolute Gasteiger partial charge is 0.493 e. The Kier molecular flexibility index (Phi) is 8.79. The number of benzene rings is 2. The van der Waals surface area contributed by atoms with Crippen molar-refractivity contribution >= 4 is 23.4 Å². The maximum Gasteiger partial charge on any atom is 0.253 e. The maximum absolute atomic E-state index is 12.7. The van der Waals surface area contributed by atoms with Gasteiger partial charge in [-0.15, -0.1) is 0 Å². The minimum Gasteiger partial charge on any atom is -0.493 e. The Hall–Kier alpha value is -2.97. The molecule has 0 saturated carbocycles. The molecule has 2 unspecified atom stereocenters. The molecule has 1 aliphatic heterocycles. The molecule has 2 aromatic carbocycles. The first-order valence-electron chi connectivity index (χ1n) is 10.8. The predicted molar refractivity (Wildman–Crippen MR) is 124 cm³/mol. The summed E-state index contributed by atoms with van der Waals surface area (Å²) < 4.78 is 16.2. The van der Waals surface area contributed by atoms with E-state index in [0.717, 1.165) is 6.42 Å². The first-order valence-corrected chi connectivity index (χ1v) is 11.1. The lowest BCUT2D eigenvalue weighted by molar-refractivity contribution is -0.126. The number of aliphatic hydroxyl groups excluding tert-OH is 1. The zero-order valence-corrected chi connectivity index (χ0v) is 19.5. The molecule has 8 nitrogen and oxygen atoms in total. The number of nitrogens with zero attached hydrogens (tertiary/aromatic N) is 1. The molecule has 2 atom stereocenters. The fourth-order valence-corrected chi connectivity index (χ4v) is 3.84. The van der Waals surface area contributed by atoms with Crippen LogP contribution in [0.2, 0.25) is 5.02 Å². The van der Waals surface area contributed by atoms with Crippen LogP contribution in [-0.4, -0.2) is 68.4 Å². The molecule has 1 heterocycles. The highest BCUT2D eigenvalue weighted by Gasteiger charge is 2.29. The van der Waals surface area contributed by atoms with Crippen LogP contribution in [0.1, 0.15) is 23.2 Å². The lowest BCUT2D eigenvalue weighted by atomic mass is 9.96. The molecule has 0 spiro atoms. The summed E-state index contributed by atoms with van der Waals surface area (Å²) in [4.78, 5) is 27.1. The quantitative estimate of drug-likeness (QED) is 0.577. The van der Waals surface area contributed by atoms with Gasteiger partial charge in [0.05, 0.1) is 20.1 Å². The summed E-state index contributed by atoms with van der Waals surface area (Å²) in [5, 5.41) is 13.6. The van der Waals surface area contributed by atoms with Gasteiger partial charge in [-0.1, -0.05) is 17.7 Å². The second-order valence-electron chi connectivity index (χ2n) is 7.80. The second kappa shape index (κ2) is 11.8. The number of methoxy groups -OCH3 is 2. The Morgan fingerprint density at radius 3 is 2.45 bits per heavy atom. The Labute approximate surface area is 198 Å². The van der Waals surface area contributed by atoms with E-state index in [1.165, 1.54) is 14.2 Å². The van der Waals surface area contributed by atoms with Crippen molar-refractivity contribution in [3.63, 3.8) is 0 Å².